The molecule has 5 heteroatoms. The topological polar surface area (TPSA) is 54.2 Å². The molecular weight excluding hydrogens is 320 g/mol. The van der Waals surface area contributed by atoms with Gasteiger partial charge in [-0.25, -0.2) is 4.98 Å². The lowest BCUT2D eigenvalue weighted by atomic mass is 9.99. The third-order valence-electron chi connectivity index (χ3n) is 4.29. The number of hydrogen-bond acceptors (Lipinski definition) is 4. The minimum absolute atomic E-state index is 0.549. The van der Waals surface area contributed by atoms with E-state index in [1.165, 1.54) is 5.56 Å². The van der Waals surface area contributed by atoms with Gasteiger partial charge in [0.1, 0.15) is 5.82 Å². The highest BCUT2D eigenvalue weighted by Crippen LogP contribution is 2.28. The molecule has 3 rings (SSSR count). The first-order valence-corrected chi connectivity index (χ1v) is 8.62. The molecule has 0 unspecified atom stereocenters. The maximum absolute atomic E-state index is 6.48. The highest BCUT2D eigenvalue weighted by atomic mass is 35.5. The van der Waals surface area contributed by atoms with Gasteiger partial charge in [0, 0.05) is 38.9 Å². The van der Waals surface area contributed by atoms with Gasteiger partial charge in [-0.2, -0.15) is 0 Å². The predicted molar refractivity (Wildman–Crippen MR) is 101 cm³/mol. The van der Waals surface area contributed by atoms with Gasteiger partial charge in [-0.15, -0.1) is 0 Å². The maximum Gasteiger partial charge on any atom is 0.147 e. The van der Waals surface area contributed by atoms with Crippen molar-refractivity contribution in [2.24, 2.45) is 5.73 Å². The number of allylic oxidation sites excluding steroid dienone is 1. The predicted octanol–water partition coefficient (Wildman–Crippen LogP) is 2.86. The molecule has 3 N–H and O–H groups in total. The van der Waals surface area contributed by atoms with E-state index >= 15 is 0 Å². The Morgan fingerprint density at radius 2 is 2.00 bits per heavy atom. The zero-order valence-electron chi connectivity index (χ0n) is 13.8. The lowest BCUT2D eigenvalue weighted by molar-refractivity contribution is 0.585. The van der Waals surface area contributed by atoms with E-state index in [1.807, 2.05) is 24.4 Å². The normalized spacial score (nSPS) is 14.7. The van der Waals surface area contributed by atoms with Crippen LogP contribution in [0.5, 0.6) is 0 Å². The molecule has 4 nitrogen and oxygen atoms in total. The fourth-order valence-corrected chi connectivity index (χ4v) is 3.23. The van der Waals surface area contributed by atoms with Crippen LogP contribution < -0.4 is 16.0 Å². The van der Waals surface area contributed by atoms with E-state index in [9.17, 15) is 0 Å². The van der Waals surface area contributed by atoms with Crippen molar-refractivity contribution in [3.63, 3.8) is 0 Å². The monoisotopic (exact) mass is 342 g/mol. The summed E-state index contributed by atoms with van der Waals surface area (Å²) in [5.41, 5.74) is 10.0. The molecule has 0 radical (unpaired) electrons. The number of rotatable bonds is 5. The first-order valence-electron chi connectivity index (χ1n) is 8.24. The summed E-state index contributed by atoms with van der Waals surface area (Å²) in [4.78, 5) is 6.80. The number of nitrogens with zero attached hydrogens (tertiary/aromatic N) is 2. The van der Waals surface area contributed by atoms with Crippen LogP contribution in [0.1, 0.15) is 16.7 Å². The first kappa shape index (κ1) is 17.0. The second-order valence-corrected chi connectivity index (χ2v) is 6.48. The summed E-state index contributed by atoms with van der Waals surface area (Å²) in [6.45, 7) is 8.54. The summed E-state index contributed by atoms with van der Waals surface area (Å²) in [6.07, 6.45) is 2.64. The molecule has 2 heterocycles. The molecule has 1 saturated heterocycles. The van der Waals surface area contributed by atoms with Crippen LogP contribution >= 0.6 is 11.6 Å². The number of nitrogens with two attached hydrogens (primary N) is 1. The van der Waals surface area contributed by atoms with Gasteiger partial charge in [-0.3, -0.25) is 0 Å². The standard InChI is InChI=1S/C19H23ClN4/c1-14(9-15-3-2-4-16(10-15)12-21)17-11-18(20)19(23-13-17)24-7-5-22-6-8-24/h2-4,10-11,13,22H,1,5-9,12,21H2. The second kappa shape index (κ2) is 7.79. The minimum atomic E-state index is 0.549. The van der Waals surface area contributed by atoms with E-state index in [0.717, 1.165) is 55.1 Å². The molecule has 0 saturated carbocycles. The summed E-state index contributed by atoms with van der Waals surface area (Å²) in [5.74, 6) is 0.861. The molecule has 2 aromatic rings. The van der Waals surface area contributed by atoms with Crippen molar-refractivity contribution in [3.05, 3.63) is 64.8 Å². The van der Waals surface area contributed by atoms with Gasteiger partial charge in [0.2, 0.25) is 0 Å². The van der Waals surface area contributed by atoms with Crippen molar-refractivity contribution >= 4 is 23.0 Å². The Morgan fingerprint density at radius 3 is 2.71 bits per heavy atom. The highest BCUT2D eigenvalue weighted by molar-refractivity contribution is 6.33. The maximum atomic E-state index is 6.48. The van der Waals surface area contributed by atoms with Crippen molar-refractivity contribution < 1.29 is 0 Å². The Balaban J connectivity index is 1.74. The van der Waals surface area contributed by atoms with Crippen LogP contribution in [-0.2, 0) is 13.0 Å². The molecular formula is C19H23ClN4. The fraction of sp³-hybridized carbons (Fsp3) is 0.316. The molecule has 0 amide bonds. The molecule has 24 heavy (non-hydrogen) atoms. The summed E-state index contributed by atoms with van der Waals surface area (Å²) in [6, 6.07) is 10.3. The Morgan fingerprint density at radius 1 is 1.25 bits per heavy atom. The summed E-state index contributed by atoms with van der Waals surface area (Å²) in [5, 5.41) is 4.02. The SMILES string of the molecule is C=C(Cc1cccc(CN)c1)c1cnc(N2CCNCC2)c(Cl)c1. The Kier molecular flexibility index (Phi) is 5.51. The van der Waals surface area contributed by atoms with E-state index in [4.69, 9.17) is 17.3 Å². The molecule has 0 spiro atoms. The van der Waals surface area contributed by atoms with Gasteiger partial charge >= 0.3 is 0 Å². The zero-order chi connectivity index (χ0) is 16.9. The van der Waals surface area contributed by atoms with Crippen LogP contribution in [-0.4, -0.2) is 31.2 Å². The minimum Gasteiger partial charge on any atom is -0.353 e. The molecule has 1 fully saturated rings. The number of halogens is 1. The van der Waals surface area contributed by atoms with Gasteiger partial charge in [-0.1, -0.05) is 42.4 Å². The Labute approximate surface area is 148 Å². The van der Waals surface area contributed by atoms with Crippen LogP contribution in [0.25, 0.3) is 5.57 Å². The average molecular weight is 343 g/mol. The summed E-state index contributed by atoms with van der Waals surface area (Å²) in [7, 11) is 0. The van der Waals surface area contributed by atoms with Crippen LogP contribution in [0.3, 0.4) is 0 Å². The van der Waals surface area contributed by atoms with Gasteiger partial charge < -0.3 is 16.0 Å². The third kappa shape index (κ3) is 3.96. The molecule has 1 aromatic carbocycles. The number of hydrogen-bond donors (Lipinski definition) is 2. The zero-order valence-corrected chi connectivity index (χ0v) is 14.5. The number of piperazine rings is 1. The smallest absolute Gasteiger partial charge is 0.147 e. The second-order valence-electron chi connectivity index (χ2n) is 6.07. The van der Waals surface area contributed by atoms with Crippen molar-refractivity contribution in [3.8, 4) is 0 Å². The van der Waals surface area contributed by atoms with E-state index in [2.05, 4.69) is 33.9 Å². The first-order chi connectivity index (χ1) is 11.7. The molecule has 1 aliphatic rings. The number of nitrogens with one attached hydrogen (secondary N) is 1. The molecule has 0 atom stereocenters. The Hall–Kier alpha value is -1.88. The highest BCUT2D eigenvalue weighted by Gasteiger charge is 2.15. The van der Waals surface area contributed by atoms with Crippen LogP contribution in [0.15, 0.2) is 43.1 Å². The lowest BCUT2D eigenvalue weighted by Gasteiger charge is -2.29. The van der Waals surface area contributed by atoms with Crippen LogP contribution in [0.4, 0.5) is 5.82 Å². The van der Waals surface area contributed by atoms with E-state index in [-0.39, 0.29) is 0 Å². The number of anilines is 1. The molecule has 0 aliphatic carbocycles. The summed E-state index contributed by atoms with van der Waals surface area (Å²) < 4.78 is 0. The van der Waals surface area contributed by atoms with Crippen molar-refractivity contribution in [1.82, 2.24) is 10.3 Å². The number of aromatic nitrogens is 1. The van der Waals surface area contributed by atoms with Gasteiger partial charge in [0.25, 0.3) is 0 Å². The molecule has 0 bridgehead atoms. The van der Waals surface area contributed by atoms with Crippen molar-refractivity contribution in [1.29, 1.82) is 0 Å². The van der Waals surface area contributed by atoms with Gasteiger partial charge in [0.15, 0.2) is 0 Å². The number of pyridine rings is 1. The Bertz CT molecular complexity index is 723. The lowest BCUT2D eigenvalue weighted by Crippen LogP contribution is -2.44. The molecule has 1 aliphatic heterocycles. The van der Waals surface area contributed by atoms with E-state index in [0.29, 0.717) is 11.6 Å². The fourth-order valence-electron chi connectivity index (χ4n) is 2.95. The molecule has 126 valence electrons. The van der Waals surface area contributed by atoms with Gasteiger partial charge in [-0.05, 0) is 34.8 Å². The van der Waals surface area contributed by atoms with E-state index < -0.39 is 0 Å². The van der Waals surface area contributed by atoms with E-state index in [1.54, 1.807) is 0 Å². The largest absolute Gasteiger partial charge is 0.353 e. The van der Waals surface area contributed by atoms with Crippen molar-refractivity contribution in [2.45, 2.75) is 13.0 Å². The quantitative estimate of drug-likeness (QED) is 0.877. The van der Waals surface area contributed by atoms with Crippen molar-refractivity contribution in [2.75, 3.05) is 31.1 Å². The molecule has 1 aromatic heterocycles. The average Bonchev–Trinajstić information content (AvgIpc) is 2.62. The third-order valence-corrected chi connectivity index (χ3v) is 4.57. The van der Waals surface area contributed by atoms with Gasteiger partial charge in [0.05, 0.1) is 5.02 Å². The number of benzene rings is 1. The van der Waals surface area contributed by atoms with Crippen LogP contribution in [0.2, 0.25) is 5.02 Å². The van der Waals surface area contributed by atoms with Crippen LogP contribution in [0, 0.1) is 0 Å². The summed E-state index contributed by atoms with van der Waals surface area (Å²) >= 11 is 6.48.